The van der Waals surface area contributed by atoms with Crippen molar-refractivity contribution in [2.24, 2.45) is 5.92 Å². The summed E-state index contributed by atoms with van der Waals surface area (Å²) in [7, 11) is -3.17. The minimum Gasteiger partial charge on any atom is -0.480 e. The Bertz CT molecular complexity index is 1240. The summed E-state index contributed by atoms with van der Waals surface area (Å²) in [6.45, 7) is 4.68. The number of aliphatic carboxylic acids is 1. The molecule has 2 aliphatic heterocycles. The number of hydrogen-bond acceptors (Lipinski definition) is 7. The largest absolute Gasteiger partial charge is 0.480 e. The summed E-state index contributed by atoms with van der Waals surface area (Å²) < 4.78 is 32.1. The summed E-state index contributed by atoms with van der Waals surface area (Å²) >= 11 is 0. The standard InChI is InChI=1S/C23H28N4O6S/c1-14(2)11-20(23(29)30)27(13-21(28)33-4)34(31,32)17-7-5-16(6-8-17)12-19-22-18(9-10-24-19)25-15(3)26-22/h5-10,14,20,24H,11-13H2,1-4H3,(H,29,30)/t20-/m0/s1. The number of fused-ring (bicyclic) bond motifs is 1. The van der Waals surface area contributed by atoms with Crippen LogP contribution in [0.1, 0.15) is 37.4 Å². The molecule has 34 heavy (non-hydrogen) atoms. The van der Waals surface area contributed by atoms with Gasteiger partial charge in [-0.15, -0.1) is 0 Å². The third-order valence-electron chi connectivity index (χ3n) is 5.33. The fourth-order valence-electron chi connectivity index (χ4n) is 3.70. The zero-order valence-corrected chi connectivity index (χ0v) is 20.3. The molecule has 0 unspecified atom stereocenters. The molecule has 182 valence electrons. The minimum atomic E-state index is -4.30. The SMILES string of the molecule is COC(=O)CN([C@@H](CC(C)C)C(=O)O)S(=O)(=O)c1ccc(Cc2[nH]ccc3nc(C)nc2-3)cc1. The Balaban J connectivity index is 1.91. The molecule has 0 fully saturated rings. The fraction of sp³-hybridized carbons (Fsp3) is 0.391. The zero-order valence-electron chi connectivity index (χ0n) is 19.5. The molecule has 1 aromatic carbocycles. The molecule has 3 rings (SSSR count). The van der Waals surface area contributed by atoms with Gasteiger partial charge in [-0.05, 0) is 43.0 Å². The van der Waals surface area contributed by atoms with E-state index in [0.29, 0.717) is 16.6 Å². The predicted molar refractivity (Wildman–Crippen MR) is 124 cm³/mol. The lowest BCUT2D eigenvalue weighted by atomic mass is 10.0. The van der Waals surface area contributed by atoms with Crippen LogP contribution >= 0.6 is 0 Å². The van der Waals surface area contributed by atoms with E-state index in [2.05, 4.69) is 19.7 Å². The summed E-state index contributed by atoms with van der Waals surface area (Å²) in [5.41, 5.74) is 3.18. The molecule has 10 nitrogen and oxygen atoms in total. The van der Waals surface area contributed by atoms with Crippen LogP contribution in [0.25, 0.3) is 11.4 Å². The molecule has 0 saturated heterocycles. The normalized spacial score (nSPS) is 12.9. The van der Waals surface area contributed by atoms with Gasteiger partial charge in [0, 0.05) is 18.3 Å². The van der Waals surface area contributed by atoms with E-state index in [1.807, 2.05) is 13.0 Å². The number of pyridine rings is 1. The van der Waals surface area contributed by atoms with E-state index in [-0.39, 0.29) is 17.2 Å². The van der Waals surface area contributed by atoms with Gasteiger partial charge in [-0.1, -0.05) is 26.0 Å². The number of nitrogens with zero attached hydrogens (tertiary/aromatic N) is 3. The van der Waals surface area contributed by atoms with Gasteiger partial charge in [0.15, 0.2) is 0 Å². The number of nitrogens with one attached hydrogen (secondary N) is 1. The average Bonchev–Trinajstić information content (AvgIpc) is 3.17. The van der Waals surface area contributed by atoms with Gasteiger partial charge in [-0.2, -0.15) is 4.31 Å². The molecule has 1 atom stereocenters. The molecule has 0 aliphatic carbocycles. The number of benzene rings is 1. The van der Waals surface area contributed by atoms with Crippen LogP contribution < -0.4 is 0 Å². The van der Waals surface area contributed by atoms with Gasteiger partial charge in [0.05, 0.1) is 17.7 Å². The number of aromatic nitrogens is 3. The molecular weight excluding hydrogens is 460 g/mol. The Morgan fingerprint density at radius 3 is 2.41 bits per heavy atom. The van der Waals surface area contributed by atoms with Gasteiger partial charge in [-0.25, -0.2) is 18.4 Å². The van der Waals surface area contributed by atoms with E-state index in [0.717, 1.165) is 29.8 Å². The molecule has 0 bridgehead atoms. The molecule has 0 spiro atoms. The Hall–Kier alpha value is -3.31. The fourth-order valence-corrected chi connectivity index (χ4v) is 5.23. The van der Waals surface area contributed by atoms with Crippen LogP contribution in [0, 0.1) is 12.8 Å². The number of ether oxygens (including phenoxy) is 1. The third-order valence-corrected chi connectivity index (χ3v) is 7.20. The first-order valence-electron chi connectivity index (χ1n) is 10.7. The number of rotatable bonds is 10. The average molecular weight is 489 g/mol. The van der Waals surface area contributed by atoms with Crippen molar-refractivity contribution in [2.45, 2.75) is 44.6 Å². The van der Waals surface area contributed by atoms with Crippen LogP contribution in [0.3, 0.4) is 0 Å². The Labute approximate surface area is 198 Å². The van der Waals surface area contributed by atoms with Gasteiger partial charge < -0.3 is 14.8 Å². The van der Waals surface area contributed by atoms with Crippen LogP contribution in [0.5, 0.6) is 0 Å². The number of H-pyrrole nitrogens is 1. The number of sulfonamides is 1. The first-order chi connectivity index (χ1) is 16.0. The quantitative estimate of drug-likeness (QED) is 0.414. The number of imidazole rings is 1. The van der Waals surface area contributed by atoms with Gasteiger partial charge in [0.2, 0.25) is 10.0 Å². The summed E-state index contributed by atoms with van der Waals surface area (Å²) in [6.07, 6.45) is 2.28. The number of esters is 1. The van der Waals surface area contributed by atoms with Crippen molar-refractivity contribution >= 4 is 22.0 Å². The highest BCUT2D eigenvalue weighted by molar-refractivity contribution is 7.89. The van der Waals surface area contributed by atoms with Crippen LogP contribution in [-0.2, 0) is 30.8 Å². The zero-order chi connectivity index (χ0) is 25.0. The second-order valence-electron chi connectivity index (χ2n) is 8.39. The highest BCUT2D eigenvalue weighted by Crippen LogP contribution is 2.26. The molecule has 0 amide bonds. The molecule has 0 aromatic heterocycles. The van der Waals surface area contributed by atoms with Crippen LogP contribution in [-0.4, -0.2) is 64.4 Å². The molecule has 0 radical (unpaired) electrons. The molecular formula is C23H28N4O6S. The summed E-state index contributed by atoms with van der Waals surface area (Å²) in [5.74, 6) is -1.62. The van der Waals surface area contributed by atoms with Gasteiger partial charge in [-0.3, -0.25) is 9.59 Å². The van der Waals surface area contributed by atoms with Gasteiger partial charge >= 0.3 is 11.9 Å². The van der Waals surface area contributed by atoms with Crippen molar-refractivity contribution < 1.29 is 27.9 Å². The van der Waals surface area contributed by atoms with Crippen molar-refractivity contribution in [3.63, 3.8) is 0 Å². The predicted octanol–water partition coefficient (Wildman–Crippen LogP) is 2.47. The first kappa shape index (κ1) is 25.3. The number of carbonyl (C=O) groups is 2. The number of carboxylic acid groups (broad SMARTS) is 1. The van der Waals surface area contributed by atoms with E-state index in [1.54, 1.807) is 32.2 Å². The third kappa shape index (κ3) is 5.60. The molecule has 2 N–H and O–H groups in total. The Kier molecular flexibility index (Phi) is 7.68. The molecule has 2 heterocycles. The summed E-state index contributed by atoms with van der Waals surface area (Å²) in [5, 5.41) is 9.71. The number of aryl methyl sites for hydroxylation is 1. The number of hydrogen-bond donors (Lipinski definition) is 2. The van der Waals surface area contributed by atoms with Crippen molar-refractivity contribution in [2.75, 3.05) is 13.7 Å². The number of carbonyl (C=O) groups excluding carboxylic acids is 1. The van der Waals surface area contributed by atoms with E-state index < -0.39 is 34.5 Å². The van der Waals surface area contributed by atoms with Crippen LogP contribution in [0.2, 0.25) is 0 Å². The maximum absolute atomic E-state index is 13.4. The first-order valence-corrected chi connectivity index (χ1v) is 12.2. The summed E-state index contributed by atoms with van der Waals surface area (Å²) in [4.78, 5) is 35.7. The van der Waals surface area contributed by atoms with Crippen molar-refractivity contribution in [3.8, 4) is 11.4 Å². The van der Waals surface area contributed by atoms with Crippen molar-refractivity contribution in [1.29, 1.82) is 0 Å². The molecule has 2 aliphatic rings. The van der Waals surface area contributed by atoms with E-state index in [1.165, 1.54) is 12.1 Å². The lowest BCUT2D eigenvalue weighted by molar-refractivity contribution is -0.145. The van der Waals surface area contributed by atoms with E-state index in [9.17, 15) is 23.1 Å². The van der Waals surface area contributed by atoms with Crippen molar-refractivity contribution in [3.05, 3.63) is 53.6 Å². The van der Waals surface area contributed by atoms with Gasteiger partial charge in [0.1, 0.15) is 24.1 Å². The van der Waals surface area contributed by atoms with E-state index in [4.69, 9.17) is 0 Å². The Morgan fingerprint density at radius 1 is 1.15 bits per heavy atom. The second-order valence-corrected chi connectivity index (χ2v) is 10.3. The van der Waals surface area contributed by atoms with Gasteiger partial charge in [0.25, 0.3) is 0 Å². The second kappa shape index (κ2) is 10.3. The number of methoxy groups -OCH3 is 1. The topological polar surface area (TPSA) is 143 Å². The maximum atomic E-state index is 13.4. The smallest absolute Gasteiger partial charge is 0.322 e. The molecule has 1 aromatic rings. The monoisotopic (exact) mass is 488 g/mol. The Morgan fingerprint density at radius 2 is 1.82 bits per heavy atom. The molecule has 11 heteroatoms. The maximum Gasteiger partial charge on any atom is 0.322 e. The minimum absolute atomic E-state index is 0.0452. The highest BCUT2D eigenvalue weighted by Gasteiger charge is 2.38. The highest BCUT2D eigenvalue weighted by atomic mass is 32.2. The number of carboxylic acids is 1. The lowest BCUT2D eigenvalue weighted by Crippen LogP contribution is -2.48. The van der Waals surface area contributed by atoms with Crippen molar-refractivity contribution in [1.82, 2.24) is 19.3 Å². The van der Waals surface area contributed by atoms with Crippen LogP contribution in [0.15, 0.2) is 41.4 Å². The number of aromatic amines is 1. The molecule has 0 saturated carbocycles. The van der Waals surface area contributed by atoms with Crippen LogP contribution in [0.4, 0.5) is 0 Å². The van der Waals surface area contributed by atoms with E-state index >= 15 is 0 Å². The lowest BCUT2D eigenvalue weighted by Gasteiger charge is -2.28. The summed E-state index contributed by atoms with van der Waals surface area (Å²) in [6, 6.07) is 6.54.